The van der Waals surface area contributed by atoms with Crippen molar-refractivity contribution < 1.29 is 4.79 Å². The van der Waals surface area contributed by atoms with E-state index < -0.39 is 0 Å². The van der Waals surface area contributed by atoms with Crippen molar-refractivity contribution >= 4 is 34.5 Å². The van der Waals surface area contributed by atoms with Gasteiger partial charge in [0.15, 0.2) is 5.65 Å². The highest BCUT2D eigenvalue weighted by Crippen LogP contribution is 2.36. The lowest BCUT2D eigenvalue weighted by Crippen LogP contribution is -2.28. The van der Waals surface area contributed by atoms with E-state index in [0.717, 1.165) is 43.7 Å². The molecule has 3 N–H and O–H groups in total. The van der Waals surface area contributed by atoms with Gasteiger partial charge in [-0.3, -0.25) is 9.69 Å². The maximum absolute atomic E-state index is 13.4. The second-order valence-corrected chi connectivity index (χ2v) is 9.41. The molecule has 1 saturated carbocycles. The van der Waals surface area contributed by atoms with Crippen molar-refractivity contribution in [1.82, 2.24) is 34.9 Å². The lowest BCUT2D eigenvalue weighted by atomic mass is 10.0. The first kappa shape index (κ1) is 21.1. The molecule has 1 aromatic carbocycles. The van der Waals surface area contributed by atoms with Gasteiger partial charge in [-0.2, -0.15) is 4.98 Å². The number of fused-ring (bicyclic) bond motifs is 2. The first-order chi connectivity index (χ1) is 17.7. The van der Waals surface area contributed by atoms with Gasteiger partial charge >= 0.3 is 6.03 Å². The molecule has 2 fully saturated rings. The molecule has 0 bridgehead atoms. The van der Waals surface area contributed by atoms with Gasteiger partial charge in [0.1, 0.15) is 11.2 Å². The number of benzene rings is 1. The number of nitrogens with one attached hydrogen (secondary N) is 3. The summed E-state index contributed by atoms with van der Waals surface area (Å²) in [7, 11) is 0. The van der Waals surface area contributed by atoms with E-state index in [2.05, 4.69) is 38.1 Å². The summed E-state index contributed by atoms with van der Waals surface area (Å²) in [5.41, 5.74) is 4.67. The summed E-state index contributed by atoms with van der Waals surface area (Å²) in [5.74, 6) is 0.960. The van der Waals surface area contributed by atoms with Crippen LogP contribution < -0.4 is 26.4 Å². The van der Waals surface area contributed by atoms with Gasteiger partial charge in [-0.05, 0) is 55.1 Å². The Bertz CT molecular complexity index is 1570. The van der Waals surface area contributed by atoms with Crippen molar-refractivity contribution in [3.8, 4) is 5.69 Å². The van der Waals surface area contributed by atoms with Crippen LogP contribution in [0.5, 0.6) is 0 Å². The summed E-state index contributed by atoms with van der Waals surface area (Å²) in [6, 6.07) is 9.89. The number of hydrogen-bond acceptors (Lipinski definition) is 7. The zero-order valence-electron chi connectivity index (χ0n) is 19.6. The van der Waals surface area contributed by atoms with Crippen molar-refractivity contribution in [1.29, 1.82) is 0 Å². The van der Waals surface area contributed by atoms with Crippen LogP contribution in [0.1, 0.15) is 30.0 Å². The number of nitrogens with zero attached hydrogens (tertiary/aromatic N) is 6. The molecule has 2 amide bonds. The van der Waals surface area contributed by atoms with Crippen molar-refractivity contribution in [2.75, 3.05) is 29.9 Å². The van der Waals surface area contributed by atoms with Gasteiger partial charge in [0, 0.05) is 43.8 Å². The fraction of sp³-hybridized carbons (Fsp3) is 0.320. The van der Waals surface area contributed by atoms with Gasteiger partial charge in [-0.1, -0.05) is 6.07 Å². The molecule has 0 atom stereocenters. The Labute approximate surface area is 206 Å². The molecule has 2 aliphatic heterocycles. The molecule has 0 unspecified atom stereocenters. The Morgan fingerprint density at radius 1 is 1.03 bits per heavy atom. The van der Waals surface area contributed by atoms with Gasteiger partial charge in [-0.25, -0.2) is 24.1 Å². The minimum absolute atomic E-state index is 0.113. The van der Waals surface area contributed by atoms with Gasteiger partial charge < -0.3 is 16.0 Å². The van der Waals surface area contributed by atoms with Gasteiger partial charge in [0.05, 0.1) is 11.7 Å². The fourth-order valence-electron chi connectivity index (χ4n) is 5.02. The van der Waals surface area contributed by atoms with E-state index in [4.69, 9.17) is 4.98 Å². The molecule has 4 aromatic rings. The van der Waals surface area contributed by atoms with Crippen molar-refractivity contribution in [3.63, 3.8) is 0 Å². The Morgan fingerprint density at radius 3 is 2.78 bits per heavy atom. The zero-order valence-corrected chi connectivity index (χ0v) is 19.6. The largest absolute Gasteiger partial charge is 0.336 e. The lowest BCUT2D eigenvalue weighted by molar-refractivity contribution is 0.252. The standard InChI is InChI=1S/C25H25N9O2/c35-23-20-14-29-24(30-17-2-1-16-13-26-7-5-15(16)11-17)31-22(20)33(34(23)18-3-4-18)19-6-8-27-21(12-19)32-10-9-28-25(32)36/h1-2,6,8,11-12,14,18,26H,3-5,7,9-10,13H2,(H,28,36)(H,29,30,31). The molecule has 11 heteroatoms. The monoisotopic (exact) mass is 483 g/mol. The summed E-state index contributed by atoms with van der Waals surface area (Å²) in [5, 5.41) is 9.97. The van der Waals surface area contributed by atoms with E-state index in [1.165, 1.54) is 11.1 Å². The van der Waals surface area contributed by atoms with Gasteiger partial charge in [-0.15, -0.1) is 0 Å². The predicted molar refractivity (Wildman–Crippen MR) is 135 cm³/mol. The second kappa shape index (κ2) is 8.16. The number of carbonyl (C=O) groups excluding carboxylic acids is 1. The molecule has 11 nitrogen and oxygen atoms in total. The molecule has 5 heterocycles. The highest BCUT2D eigenvalue weighted by molar-refractivity contribution is 5.93. The predicted octanol–water partition coefficient (Wildman–Crippen LogP) is 2.23. The molecule has 0 radical (unpaired) electrons. The second-order valence-electron chi connectivity index (χ2n) is 9.41. The minimum Gasteiger partial charge on any atom is -0.336 e. The summed E-state index contributed by atoms with van der Waals surface area (Å²) >= 11 is 0. The van der Waals surface area contributed by atoms with Crippen LogP contribution in [0.4, 0.5) is 22.2 Å². The third-order valence-electron chi connectivity index (χ3n) is 6.97. The number of aromatic nitrogens is 5. The smallest absolute Gasteiger partial charge is 0.323 e. The Balaban J connectivity index is 1.32. The molecule has 1 aliphatic carbocycles. The quantitative estimate of drug-likeness (QED) is 0.398. The van der Waals surface area contributed by atoms with E-state index in [1.807, 2.05) is 22.9 Å². The van der Waals surface area contributed by atoms with Crippen LogP contribution in [0.2, 0.25) is 0 Å². The average molecular weight is 484 g/mol. The molecule has 7 rings (SSSR count). The summed E-state index contributed by atoms with van der Waals surface area (Å²) in [6.45, 7) is 2.97. The maximum Gasteiger partial charge on any atom is 0.323 e. The molecule has 182 valence electrons. The van der Waals surface area contributed by atoms with E-state index in [9.17, 15) is 9.59 Å². The third-order valence-corrected chi connectivity index (χ3v) is 6.97. The van der Waals surface area contributed by atoms with E-state index in [1.54, 1.807) is 22.0 Å². The summed E-state index contributed by atoms with van der Waals surface area (Å²) in [6.07, 6.45) is 6.11. The van der Waals surface area contributed by atoms with Crippen molar-refractivity contribution in [2.45, 2.75) is 31.8 Å². The van der Waals surface area contributed by atoms with E-state index >= 15 is 0 Å². The average Bonchev–Trinajstić information content (AvgIpc) is 3.58. The number of amides is 2. The molecule has 3 aliphatic rings. The number of anilines is 3. The minimum atomic E-state index is -0.175. The normalized spacial score (nSPS) is 17.3. The molecular formula is C25H25N9O2. The highest BCUT2D eigenvalue weighted by Gasteiger charge is 2.31. The fourth-order valence-corrected chi connectivity index (χ4v) is 5.02. The summed E-state index contributed by atoms with van der Waals surface area (Å²) < 4.78 is 3.61. The summed E-state index contributed by atoms with van der Waals surface area (Å²) in [4.78, 5) is 40.8. The van der Waals surface area contributed by atoms with Crippen LogP contribution in [0.15, 0.2) is 47.5 Å². The number of hydrogen-bond donors (Lipinski definition) is 3. The molecule has 36 heavy (non-hydrogen) atoms. The first-order valence-electron chi connectivity index (χ1n) is 12.3. The highest BCUT2D eigenvalue weighted by atomic mass is 16.2. The number of carbonyl (C=O) groups is 1. The van der Waals surface area contributed by atoms with Crippen LogP contribution >= 0.6 is 0 Å². The van der Waals surface area contributed by atoms with Crippen molar-refractivity contribution in [3.05, 3.63) is 64.2 Å². The third kappa shape index (κ3) is 3.51. The Morgan fingerprint density at radius 2 is 1.94 bits per heavy atom. The van der Waals surface area contributed by atoms with Crippen LogP contribution in [-0.2, 0) is 13.0 Å². The van der Waals surface area contributed by atoms with E-state index in [-0.39, 0.29) is 17.6 Å². The van der Waals surface area contributed by atoms with Crippen LogP contribution in [-0.4, -0.2) is 50.0 Å². The molecule has 0 spiro atoms. The lowest BCUT2D eigenvalue weighted by Gasteiger charge is -2.18. The Hall–Kier alpha value is -4.25. The molecule has 3 aromatic heterocycles. The van der Waals surface area contributed by atoms with Crippen LogP contribution in [0.25, 0.3) is 16.7 Å². The maximum atomic E-state index is 13.4. The zero-order chi connectivity index (χ0) is 24.2. The number of urea groups is 1. The van der Waals surface area contributed by atoms with E-state index in [0.29, 0.717) is 35.9 Å². The van der Waals surface area contributed by atoms with Crippen LogP contribution in [0.3, 0.4) is 0 Å². The SMILES string of the molecule is O=C1NCCN1c1cc(-n2c3nc(Nc4ccc5c(c4)CCNC5)ncc3c(=O)n2C2CC2)ccn1. The van der Waals surface area contributed by atoms with Gasteiger partial charge in [0.25, 0.3) is 5.56 Å². The first-order valence-corrected chi connectivity index (χ1v) is 12.3. The van der Waals surface area contributed by atoms with Gasteiger partial charge in [0.2, 0.25) is 5.95 Å². The van der Waals surface area contributed by atoms with Crippen LogP contribution in [0, 0.1) is 0 Å². The molecule has 1 saturated heterocycles. The molecular weight excluding hydrogens is 458 g/mol. The van der Waals surface area contributed by atoms with Crippen molar-refractivity contribution in [2.24, 2.45) is 0 Å². The Kier molecular flexibility index (Phi) is 4.78. The topological polar surface area (TPSA) is 122 Å². The number of rotatable bonds is 5. The number of pyridine rings is 1.